The Hall–Kier alpha value is -0.830. The van der Waals surface area contributed by atoms with Crippen molar-refractivity contribution in [3.63, 3.8) is 0 Å². The number of aliphatic hydroxyl groups is 1. The summed E-state index contributed by atoms with van der Waals surface area (Å²) >= 11 is 0. The van der Waals surface area contributed by atoms with Gasteiger partial charge in [-0.3, -0.25) is 4.79 Å². The molecular formula is C11H20O3. The molecule has 0 aromatic heterocycles. The van der Waals surface area contributed by atoms with Gasteiger partial charge in [0.1, 0.15) is 0 Å². The SMILES string of the molecule is C=CC(C)(CC(C)CO)C(=O)OCC. The van der Waals surface area contributed by atoms with E-state index in [0.717, 1.165) is 0 Å². The lowest BCUT2D eigenvalue weighted by Gasteiger charge is -2.25. The summed E-state index contributed by atoms with van der Waals surface area (Å²) in [5.41, 5.74) is -0.682. The maximum atomic E-state index is 11.6. The lowest BCUT2D eigenvalue weighted by atomic mass is 9.82. The van der Waals surface area contributed by atoms with E-state index in [-0.39, 0.29) is 18.5 Å². The molecular weight excluding hydrogens is 180 g/mol. The summed E-state index contributed by atoms with van der Waals surface area (Å²) < 4.78 is 4.95. The van der Waals surface area contributed by atoms with Gasteiger partial charge in [-0.25, -0.2) is 0 Å². The van der Waals surface area contributed by atoms with Gasteiger partial charge in [0.2, 0.25) is 0 Å². The second-order valence-corrected chi connectivity index (χ2v) is 3.83. The predicted octanol–water partition coefficient (Wildman–Crippen LogP) is 1.76. The van der Waals surface area contributed by atoms with Crippen molar-refractivity contribution in [2.75, 3.05) is 13.2 Å². The first-order valence-electron chi connectivity index (χ1n) is 4.91. The summed E-state index contributed by atoms with van der Waals surface area (Å²) in [5, 5.41) is 8.92. The molecule has 0 saturated heterocycles. The molecule has 0 spiro atoms. The Morgan fingerprint density at radius 3 is 2.64 bits per heavy atom. The summed E-state index contributed by atoms with van der Waals surface area (Å²) in [6.45, 7) is 9.53. The minimum atomic E-state index is -0.682. The highest BCUT2D eigenvalue weighted by atomic mass is 16.5. The highest BCUT2D eigenvalue weighted by molar-refractivity contribution is 5.78. The van der Waals surface area contributed by atoms with E-state index in [9.17, 15) is 4.79 Å². The average molecular weight is 200 g/mol. The zero-order valence-corrected chi connectivity index (χ0v) is 9.25. The van der Waals surface area contributed by atoms with Crippen molar-refractivity contribution in [1.29, 1.82) is 0 Å². The van der Waals surface area contributed by atoms with Gasteiger partial charge >= 0.3 is 5.97 Å². The molecule has 0 fully saturated rings. The summed E-state index contributed by atoms with van der Waals surface area (Å²) in [5.74, 6) is -0.197. The first-order valence-corrected chi connectivity index (χ1v) is 4.91. The van der Waals surface area contributed by atoms with Crippen LogP contribution in [0.4, 0.5) is 0 Å². The van der Waals surface area contributed by atoms with Crippen LogP contribution in [0.3, 0.4) is 0 Å². The van der Waals surface area contributed by atoms with Crippen molar-refractivity contribution < 1.29 is 14.6 Å². The molecule has 82 valence electrons. The van der Waals surface area contributed by atoms with E-state index in [2.05, 4.69) is 6.58 Å². The lowest BCUT2D eigenvalue weighted by Crippen LogP contribution is -2.30. The third-order valence-electron chi connectivity index (χ3n) is 2.28. The molecule has 0 aliphatic carbocycles. The fourth-order valence-corrected chi connectivity index (χ4v) is 1.33. The van der Waals surface area contributed by atoms with Crippen LogP contribution in [0.25, 0.3) is 0 Å². The number of carbonyl (C=O) groups excluding carboxylic acids is 1. The van der Waals surface area contributed by atoms with Crippen LogP contribution in [-0.2, 0) is 9.53 Å². The second-order valence-electron chi connectivity index (χ2n) is 3.83. The molecule has 0 aromatic carbocycles. The van der Waals surface area contributed by atoms with Crippen molar-refractivity contribution in [3.05, 3.63) is 12.7 Å². The highest BCUT2D eigenvalue weighted by Crippen LogP contribution is 2.28. The molecule has 0 heterocycles. The van der Waals surface area contributed by atoms with Gasteiger partial charge in [0, 0.05) is 6.61 Å². The molecule has 0 aliphatic heterocycles. The molecule has 14 heavy (non-hydrogen) atoms. The minimum absolute atomic E-state index is 0.0717. The molecule has 0 amide bonds. The quantitative estimate of drug-likeness (QED) is 0.525. The van der Waals surface area contributed by atoms with E-state index in [1.54, 1.807) is 19.9 Å². The molecule has 1 N–H and O–H groups in total. The van der Waals surface area contributed by atoms with Crippen molar-refractivity contribution in [2.45, 2.75) is 27.2 Å². The van der Waals surface area contributed by atoms with E-state index in [1.165, 1.54) is 0 Å². The van der Waals surface area contributed by atoms with E-state index in [4.69, 9.17) is 9.84 Å². The molecule has 2 unspecified atom stereocenters. The van der Waals surface area contributed by atoms with Crippen LogP contribution in [0.5, 0.6) is 0 Å². The van der Waals surface area contributed by atoms with E-state index < -0.39 is 5.41 Å². The van der Waals surface area contributed by atoms with Gasteiger partial charge in [0.05, 0.1) is 12.0 Å². The van der Waals surface area contributed by atoms with Crippen molar-refractivity contribution in [1.82, 2.24) is 0 Å². The molecule has 0 radical (unpaired) electrons. The Morgan fingerprint density at radius 2 is 2.29 bits per heavy atom. The molecule has 2 atom stereocenters. The van der Waals surface area contributed by atoms with Gasteiger partial charge in [-0.05, 0) is 26.2 Å². The third kappa shape index (κ3) is 3.50. The Balaban J connectivity index is 4.45. The van der Waals surface area contributed by atoms with Gasteiger partial charge in [-0.1, -0.05) is 13.0 Å². The molecule has 0 aromatic rings. The second kappa shape index (κ2) is 5.81. The largest absolute Gasteiger partial charge is 0.465 e. The monoisotopic (exact) mass is 200 g/mol. The molecule has 0 rings (SSSR count). The van der Waals surface area contributed by atoms with Crippen LogP contribution in [0, 0.1) is 11.3 Å². The molecule has 3 heteroatoms. The normalized spacial score (nSPS) is 16.9. The van der Waals surface area contributed by atoms with Crippen LogP contribution in [0.2, 0.25) is 0 Å². The van der Waals surface area contributed by atoms with Crippen LogP contribution < -0.4 is 0 Å². The van der Waals surface area contributed by atoms with Crippen molar-refractivity contribution in [2.24, 2.45) is 11.3 Å². The third-order valence-corrected chi connectivity index (χ3v) is 2.28. The number of aliphatic hydroxyl groups excluding tert-OH is 1. The van der Waals surface area contributed by atoms with Crippen LogP contribution in [0.1, 0.15) is 27.2 Å². The highest BCUT2D eigenvalue weighted by Gasteiger charge is 2.32. The first kappa shape index (κ1) is 13.2. The molecule has 0 bridgehead atoms. The van der Waals surface area contributed by atoms with Gasteiger partial charge < -0.3 is 9.84 Å². The lowest BCUT2D eigenvalue weighted by molar-refractivity contribution is -0.152. The predicted molar refractivity (Wildman–Crippen MR) is 55.8 cm³/mol. The van der Waals surface area contributed by atoms with Gasteiger partial charge in [-0.2, -0.15) is 0 Å². The van der Waals surface area contributed by atoms with Crippen LogP contribution >= 0.6 is 0 Å². The van der Waals surface area contributed by atoms with Gasteiger partial charge in [-0.15, -0.1) is 6.58 Å². The summed E-state index contributed by atoms with van der Waals surface area (Å²) in [6.07, 6.45) is 2.16. The standard InChI is InChI=1S/C11H20O3/c1-5-11(4,7-9(3)8-12)10(13)14-6-2/h5,9,12H,1,6-8H2,2-4H3. The Labute approximate surface area is 85.8 Å². The molecule has 0 aliphatic rings. The number of hydrogen-bond donors (Lipinski definition) is 1. The Bertz CT molecular complexity index is 201. The number of hydrogen-bond acceptors (Lipinski definition) is 3. The Kier molecular flexibility index (Phi) is 5.46. The van der Waals surface area contributed by atoms with Crippen LogP contribution in [0.15, 0.2) is 12.7 Å². The zero-order valence-electron chi connectivity index (χ0n) is 9.25. The summed E-state index contributed by atoms with van der Waals surface area (Å²) in [4.78, 5) is 11.6. The Morgan fingerprint density at radius 1 is 1.71 bits per heavy atom. The maximum absolute atomic E-state index is 11.6. The number of esters is 1. The number of rotatable bonds is 6. The van der Waals surface area contributed by atoms with Gasteiger partial charge in [0.25, 0.3) is 0 Å². The molecule has 0 saturated carbocycles. The summed E-state index contributed by atoms with van der Waals surface area (Å²) in [6, 6.07) is 0. The van der Waals surface area contributed by atoms with Crippen molar-refractivity contribution >= 4 is 5.97 Å². The number of carbonyl (C=O) groups is 1. The van der Waals surface area contributed by atoms with Crippen molar-refractivity contribution in [3.8, 4) is 0 Å². The fraction of sp³-hybridized carbons (Fsp3) is 0.727. The van der Waals surface area contributed by atoms with E-state index in [0.29, 0.717) is 13.0 Å². The topological polar surface area (TPSA) is 46.5 Å². The average Bonchev–Trinajstić information content (AvgIpc) is 2.17. The summed E-state index contributed by atoms with van der Waals surface area (Å²) in [7, 11) is 0. The maximum Gasteiger partial charge on any atom is 0.315 e. The smallest absolute Gasteiger partial charge is 0.315 e. The zero-order chi connectivity index (χ0) is 11.2. The van der Waals surface area contributed by atoms with E-state index >= 15 is 0 Å². The van der Waals surface area contributed by atoms with E-state index in [1.807, 2.05) is 6.92 Å². The number of ether oxygens (including phenoxy) is 1. The van der Waals surface area contributed by atoms with Crippen LogP contribution in [-0.4, -0.2) is 24.3 Å². The first-order chi connectivity index (χ1) is 6.50. The fourth-order valence-electron chi connectivity index (χ4n) is 1.33. The minimum Gasteiger partial charge on any atom is -0.465 e. The molecule has 3 nitrogen and oxygen atoms in total. The van der Waals surface area contributed by atoms with Gasteiger partial charge in [0.15, 0.2) is 0 Å².